The normalized spacial score (nSPS) is 27.2. The molecule has 1 rings (SSSR count). The molecular weight excluding hydrogens is 182 g/mol. The smallest absolute Gasteiger partial charge is 0.189 e. The summed E-state index contributed by atoms with van der Waals surface area (Å²) in [5.74, 6) is 1.67. The molecule has 3 nitrogen and oxygen atoms in total. The Kier molecular flexibility index (Phi) is 3.11. The van der Waals surface area contributed by atoms with Crippen molar-refractivity contribution in [3.05, 3.63) is 0 Å². The maximum Gasteiger partial charge on any atom is 0.189 e. The first-order chi connectivity index (χ1) is 5.92. The molecule has 1 atom stereocenters. The van der Waals surface area contributed by atoms with Crippen LogP contribution >= 0.6 is 11.8 Å². The lowest BCUT2D eigenvalue weighted by atomic mass is 10.0. The van der Waals surface area contributed by atoms with Crippen molar-refractivity contribution in [3.8, 4) is 0 Å². The zero-order chi connectivity index (χ0) is 10.1. The summed E-state index contributed by atoms with van der Waals surface area (Å²) in [5, 5.41) is 3.10. The Bertz CT molecular complexity index is 211. The monoisotopic (exact) mass is 201 g/mol. The molecule has 1 unspecified atom stereocenters. The van der Waals surface area contributed by atoms with Crippen LogP contribution in [0.1, 0.15) is 27.7 Å². The largest absolute Gasteiger partial charge is 0.370 e. The Morgan fingerprint density at radius 2 is 2.23 bits per heavy atom. The maximum atomic E-state index is 5.74. The minimum atomic E-state index is 0.267. The van der Waals surface area contributed by atoms with Gasteiger partial charge in [-0.3, -0.25) is 0 Å². The van der Waals surface area contributed by atoms with Gasteiger partial charge < -0.3 is 11.1 Å². The second-order valence-electron chi connectivity index (χ2n) is 4.24. The molecule has 0 radical (unpaired) electrons. The highest BCUT2D eigenvalue weighted by molar-refractivity contribution is 8.02. The summed E-state index contributed by atoms with van der Waals surface area (Å²) in [4.78, 5) is 4.44. The second-order valence-corrected chi connectivity index (χ2v) is 5.92. The van der Waals surface area contributed by atoms with Crippen molar-refractivity contribution < 1.29 is 0 Å². The van der Waals surface area contributed by atoms with Gasteiger partial charge in [0.2, 0.25) is 0 Å². The van der Waals surface area contributed by atoms with Gasteiger partial charge in [0.15, 0.2) is 5.96 Å². The third-order valence-electron chi connectivity index (χ3n) is 2.15. The van der Waals surface area contributed by atoms with Gasteiger partial charge in [-0.2, -0.15) is 11.8 Å². The van der Waals surface area contributed by atoms with Crippen LogP contribution in [0, 0.1) is 0 Å². The summed E-state index contributed by atoms with van der Waals surface area (Å²) in [6.45, 7) is 8.53. The Morgan fingerprint density at radius 3 is 2.54 bits per heavy atom. The van der Waals surface area contributed by atoms with Gasteiger partial charge in [0.25, 0.3) is 0 Å². The molecule has 0 aromatic rings. The molecule has 3 N–H and O–H groups in total. The minimum Gasteiger partial charge on any atom is -0.370 e. The first kappa shape index (κ1) is 10.7. The second kappa shape index (κ2) is 3.78. The van der Waals surface area contributed by atoms with E-state index in [1.807, 2.05) is 11.8 Å². The summed E-state index contributed by atoms with van der Waals surface area (Å²) in [6, 6.07) is 0.739. The molecule has 0 bridgehead atoms. The number of guanidine groups is 1. The van der Waals surface area contributed by atoms with Gasteiger partial charge in [-0.05, 0) is 27.7 Å². The van der Waals surface area contributed by atoms with E-state index in [0.29, 0.717) is 18.0 Å². The van der Waals surface area contributed by atoms with E-state index in [0.717, 1.165) is 5.75 Å². The molecule has 1 heterocycles. The number of hydrogen-bond acceptors (Lipinski definition) is 2. The van der Waals surface area contributed by atoms with E-state index in [9.17, 15) is 0 Å². The van der Waals surface area contributed by atoms with Crippen molar-refractivity contribution in [2.75, 3.05) is 5.75 Å². The predicted molar refractivity (Wildman–Crippen MR) is 60.2 cm³/mol. The van der Waals surface area contributed by atoms with E-state index in [1.54, 1.807) is 0 Å². The molecule has 0 saturated carbocycles. The van der Waals surface area contributed by atoms with Gasteiger partial charge in [0.1, 0.15) is 0 Å². The maximum absolute atomic E-state index is 5.74. The summed E-state index contributed by atoms with van der Waals surface area (Å²) in [7, 11) is 0. The van der Waals surface area contributed by atoms with Gasteiger partial charge >= 0.3 is 0 Å². The van der Waals surface area contributed by atoms with Crippen LogP contribution in [0.4, 0.5) is 0 Å². The molecule has 0 amide bonds. The minimum absolute atomic E-state index is 0.267. The van der Waals surface area contributed by atoms with Crippen LogP contribution < -0.4 is 11.1 Å². The van der Waals surface area contributed by atoms with E-state index in [1.165, 1.54) is 0 Å². The number of nitrogens with one attached hydrogen (secondary N) is 1. The fourth-order valence-electron chi connectivity index (χ4n) is 1.18. The van der Waals surface area contributed by atoms with E-state index >= 15 is 0 Å². The number of nitrogens with two attached hydrogens (primary N) is 1. The average molecular weight is 201 g/mol. The van der Waals surface area contributed by atoms with E-state index in [4.69, 9.17) is 5.73 Å². The summed E-state index contributed by atoms with van der Waals surface area (Å²) in [6.07, 6.45) is 0. The van der Waals surface area contributed by atoms with Crippen molar-refractivity contribution in [2.45, 2.75) is 44.5 Å². The zero-order valence-corrected chi connectivity index (χ0v) is 9.61. The molecule has 4 heteroatoms. The molecule has 1 aliphatic rings. The molecule has 0 spiro atoms. The summed E-state index contributed by atoms with van der Waals surface area (Å²) in [5.41, 5.74) is 5.74. The molecular formula is C9H19N3S. The van der Waals surface area contributed by atoms with Crippen LogP contribution in [0.3, 0.4) is 0 Å². The molecule has 1 aliphatic heterocycles. The van der Waals surface area contributed by atoms with Crippen LogP contribution in [-0.2, 0) is 0 Å². The fraction of sp³-hybridized carbons (Fsp3) is 0.889. The van der Waals surface area contributed by atoms with Crippen molar-refractivity contribution in [1.82, 2.24) is 5.32 Å². The van der Waals surface area contributed by atoms with E-state index in [2.05, 4.69) is 38.0 Å². The van der Waals surface area contributed by atoms with Crippen LogP contribution in [0.5, 0.6) is 0 Å². The Balaban J connectivity index is 2.46. The zero-order valence-electron chi connectivity index (χ0n) is 8.79. The standard InChI is InChI=1S/C9H19N3S/c1-6(2)11-8(10)12-7-5-13-9(7,3)4/h6-7H,5H2,1-4H3,(H3,10,11,12). The molecule has 0 aliphatic carbocycles. The Labute approximate surface area is 84.6 Å². The highest BCUT2D eigenvalue weighted by atomic mass is 32.2. The quantitative estimate of drug-likeness (QED) is 0.521. The van der Waals surface area contributed by atoms with Gasteiger partial charge in [0.05, 0.1) is 6.04 Å². The first-order valence-corrected chi connectivity index (χ1v) is 5.64. The predicted octanol–water partition coefficient (Wildman–Crippen LogP) is 1.19. The lowest BCUT2D eigenvalue weighted by molar-refractivity contribution is 0.541. The average Bonchev–Trinajstić information content (AvgIpc) is 1.97. The van der Waals surface area contributed by atoms with Crippen LogP contribution in [0.2, 0.25) is 0 Å². The van der Waals surface area contributed by atoms with Crippen LogP contribution in [-0.4, -0.2) is 28.5 Å². The number of aliphatic imine (C=N–C) groups is 1. The third-order valence-corrected chi connectivity index (χ3v) is 3.65. The number of nitrogens with zero attached hydrogens (tertiary/aromatic N) is 1. The van der Waals surface area contributed by atoms with Gasteiger partial charge in [-0.15, -0.1) is 0 Å². The summed E-state index contributed by atoms with van der Waals surface area (Å²) >= 11 is 1.94. The van der Waals surface area contributed by atoms with Crippen LogP contribution in [0.25, 0.3) is 0 Å². The van der Waals surface area contributed by atoms with Gasteiger partial charge in [0, 0.05) is 16.5 Å². The van der Waals surface area contributed by atoms with Crippen molar-refractivity contribution in [3.63, 3.8) is 0 Å². The Morgan fingerprint density at radius 1 is 1.62 bits per heavy atom. The highest BCUT2D eigenvalue weighted by Crippen LogP contribution is 2.41. The molecule has 76 valence electrons. The van der Waals surface area contributed by atoms with E-state index < -0.39 is 0 Å². The van der Waals surface area contributed by atoms with Crippen LogP contribution in [0.15, 0.2) is 4.99 Å². The topological polar surface area (TPSA) is 50.4 Å². The lowest BCUT2D eigenvalue weighted by Crippen LogP contribution is -2.47. The molecule has 1 fully saturated rings. The number of rotatable bonds is 2. The van der Waals surface area contributed by atoms with Gasteiger partial charge in [-0.25, -0.2) is 4.99 Å². The van der Waals surface area contributed by atoms with Crippen molar-refractivity contribution in [1.29, 1.82) is 0 Å². The number of thioether (sulfide) groups is 1. The number of hydrogen-bond donors (Lipinski definition) is 2. The van der Waals surface area contributed by atoms with Crippen molar-refractivity contribution >= 4 is 17.7 Å². The molecule has 13 heavy (non-hydrogen) atoms. The molecule has 1 saturated heterocycles. The van der Waals surface area contributed by atoms with Gasteiger partial charge in [-0.1, -0.05) is 0 Å². The third kappa shape index (κ3) is 2.79. The fourth-order valence-corrected chi connectivity index (χ4v) is 2.29. The van der Waals surface area contributed by atoms with E-state index in [-0.39, 0.29) is 4.75 Å². The Hall–Kier alpha value is -0.380. The molecule has 0 aromatic carbocycles. The summed E-state index contributed by atoms with van der Waals surface area (Å²) < 4.78 is 0.267. The SMILES string of the molecule is CC(C)NC(N)=NC1CSC1(C)C. The highest BCUT2D eigenvalue weighted by Gasteiger charge is 2.39. The molecule has 0 aromatic heterocycles. The first-order valence-electron chi connectivity index (χ1n) is 4.65. The van der Waals surface area contributed by atoms with Crippen molar-refractivity contribution in [2.24, 2.45) is 10.7 Å². The lowest BCUT2D eigenvalue weighted by Gasteiger charge is -2.41.